The van der Waals surface area contributed by atoms with E-state index in [1.165, 1.54) is 12.1 Å². The molecule has 0 radical (unpaired) electrons. The van der Waals surface area contributed by atoms with E-state index < -0.39 is 17.6 Å². The van der Waals surface area contributed by atoms with Crippen LogP contribution in [0, 0.1) is 0 Å². The van der Waals surface area contributed by atoms with Crippen molar-refractivity contribution < 1.29 is 22.7 Å². The van der Waals surface area contributed by atoms with Gasteiger partial charge in [-0.05, 0) is 59.3 Å². The molecule has 0 fully saturated rings. The van der Waals surface area contributed by atoms with Crippen LogP contribution in [0.25, 0.3) is 10.8 Å². The predicted octanol–water partition coefficient (Wildman–Crippen LogP) is 5.65. The molecule has 0 saturated heterocycles. The maximum atomic E-state index is 13.0. The van der Waals surface area contributed by atoms with Gasteiger partial charge in [-0.2, -0.15) is 13.2 Å². The molecule has 1 amide bonds. The Bertz CT molecular complexity index is 1450. The largest absolute Gasteiger partial charge is 0.457 e. The zero-order chi connectivity index (χ0) is 24.4. The number of rotatable bonds is 5. The van der Waals surface area contributed by atoms with Crippen LogP contribution in [-0.4, -0.2) is 29.8 Å². The summed E-state index contributed by atoms with van der Waals surface area (Å²) in [6.45, 7) is 1.48. The Labute approximate surface area is 198 Å². The van der Waals surface area contributed by atoms with Crippen LogP contribution in [0.15, 0.2) is 84.0 Å². The summed E-state index contributed by atoms with van der Waals surface area (Å²) in [5.41, 5.74) is 0.237. The first-order valence-corrected chi connectivity index (χ1v) is 10.8. The number of alkyl halides is 3. The van der Waals surface area contributed by atoms with E-state index in [2.05, 4.69) is 20.6 Å². The number of nitrogens with zero attached hydrogens (tertiary/aromatic N) is 2. The van der Waals surface area contributed by atoms with Crippen LogP contribution in [0.5, 0.6) is 11.5 Å². The van der Waals surface area contributed by atoms with Crippen molar-refractivity contribution in [1.82, 2.24) is 10.3 Å². The van der Waals surface area contributed by atoms with Crippen molar-refractivity contribution in [2.45, 2.75) is 6.18 Å². The number of pyridine rings is 1. The number of aromatic nitrogens is 1. The van der Waals surface area contributed by atoms with Gasteiger partial charge in [-0.1, -0.05) is 18.2 Å². The highest BCUT2D eigenvalue weighted by Gasteiger charge is 2.30. The first-order valence-electron chi connectivity index (χ1n) is 10.8. The highest BCUT2D eigenvalue weighted by Crippen LogP contribution is 2.31. The zero-order valence-corrected chi connectivity index (χ0v) is 18.3. The zero-order valence-electron chi connectivity index (χ0n) is 18.3. The van der Waals surface area contributed by atoms with Crippen molar-refractivity contribution in [2.75, 3.05) is 18.4 Å². The summed E-state index contributed by atoms with van der Waals surface area (Å²) < 4.78 is 44.9. The summed E-state index contributed by atoms with van der Waals surface area (Å²) in [6, 6.07) is 18.6. The first kappa shape index (κ1) is 22.4. The lowest BCUT2D eigenvalue weighted by Gasteiger charge is -2.11. The van der Waals surface area contributed by atoms with Gasteiger partial charge in [0.25, 0.3) is 5.91 Å². The number of hydrogen-bond donors (Lipinski definition) is 2. The Kier molecular flexibility index (Phi) is 5.82. The molecular formula is C26H19F3N4O2. The number of carbonyl (C=O) groups excluding carboxylic acids is 1. The highest BCUT2D eigenvalue weighted by molar-refractivity contribution is 6.06. The maximum Gasteiger partial charge on any atom is 0.416 e. The molecule has 2 N–H and O–H groups in total. The molecule has 0 saturated carbocycles. The van der Waals surface area contributed by atoms with Gasteiger partial charge < -0.3 is 15.4 Å². The lowest BCUT2D eigenvalue weighted by molar-refractivity contribution is -0.137. The molecule has 1 aromatic heterocycles. The number of hydrogen-bond acceptors (Lipinski definition) is 5. The second kappa shape index (κ2) is 9.09. The smallest absolute Gasteiger partial charge is 0.416 e. The topological polar surface area (TPSA) is 75.6 Å². The summed E-state index contributed by atoms with van der Waals surface area (Å²) in [5, 5.41) is 7.33. The van der Waals surface area contributed by atoms with Crippen LogP contribution >= 0.6 is 0 Å². The maximum absolute atomic E-state index is 13.0. The van der Waals surface area contributed by atoms with Crippen molar-refractivity contribution in [3.05, 3.63) is 95.8 Å². The number of amidine groups is 1. The number of ether oxygens (including phenoxy) is 1. The average Bonchev–Trinajstić information content (AvgIpc) is 3.39. The quantitative estimate of drug-likeness (QED) is 0.391. The van der Waals surface area contributed by atoms with E-state index in [-0.39, 0.29) is 5.69 Å². The standard InChI is InChI=1S/C26H19F3N4O2/c27-26(28,29)19-2-1-3-20(14-19)33-25(34)17-5-4-16-6-7-21(13-18(16)12-17)35-22-8-9-30-23(15-22)24-31-10-11-32-24/h1-9,12-15H,10-11H2,(H,31,32)(H,33,34). The average molecular weight is 476 g/mol. The van der Waals surface area contributed by atoms with E-state index >= 15 is 0 Å². The number of halogens is 3. The fourth-order valence-corrected chi connectivity index (χ4v) is 3.72. The number of benzene rings is 3. The molecular weight excluding hydrogens is 457 g/mol. The van der Waals surface area contributed by atoms with E-state index in [4.69, 9.17) is 4.74 Å². The lowest BCUT2D eigenvalue weighted by atomic mass is 10.1. The van der Waals surface area contributed by atoms with Gasteiger partial charge in [0, 0.05) is 30.1 Å². The number of nitrogens with one attached hydrogen (secondary N) is 2. The van der Waals surface area contributed by atoms with Gasteiger partial charge in [0.15, 0.2) is 0 Å². The predicted molar refractivity (Wildman–Crippen MR) is 127 cm³/mol. The minimum Gasteiger partial charge on any atom is -0.457 e. The van der Waals surface area contributed by atoms with Crippen LogP contribution < -0.4 is 15.4 Å². The van der Waals surface area contributed by atoms with Gasteiger partial charge in [0.1, 0.15) is 23.0 Å². The molecule has 2 heterocycles. The first-order chi connectivity index (χ1) is 16.8. The molecule has 5 rings (SSSR count). The molecule has 0 aliphatic carbocycles. The second-order valence-electron chi connectivity index (χ2n) is 7.89. The molecule has 6 nitrogen and oxygen atoms in total. The summed E-state index contributed by atoms with van der Waals surface area (Å²) >= 11 is 0. The third-order valence-corrected chi connectivity index (χ3v) is 5.41. The molecule has 176 valence electrons. The third kappa shape index (κ3) is 5.08. The minimum atomic E-state index is -4.49. The van der Waals surface area contributed by atoms with E-state index in [1.54, 1.807) is 42.6 Å². The normalized spacial score (nSPS) is 13.3. The van der Waals surface area contributed by atoms with Gasteiger partial charge in [-0.25, -0.2) is 0 Å². The van der Waals surface area contributed by atoms with Crippen molar-refractivity contribution in [3.63, 3.8) is 0 Å². The van der Waals surface area contributed by atoms with Crippen molar-refractivity contribution in [3.8, 4) is 11.5 Å². The van der Waals surface area contributed by atoms with Crippen LogP contribution in [0.3, 0.4) is 0 Å². The van der Waals surface area contributed by atoms with Crippen LogP contribution in [0.2, 0.25) is 0 Å². The molecule has 0 unspecified atom stereocenters. The molecule has 9 heteroatoms. The highest BCUT2D eigenvalue weighted by atomic mass is 19.4. The Morgan fingerprint density at radius 3 is 2.57 bits per heavy atom. The van der Waals surface area contributed by atoms with E-state index in [0.717, 1.165) is 35.3 Å². The Balaban J connectivity index is 1.36. The van der Waals surface area contributed by atoms with E-state index in [1.807, 2.05) is 12.1 Å². The number of fused-ring (bicyclic) bond motifs is 1. The molecule has 0 atom stereocenters. The van der Waals surface area contributed by atoms with Crippen LogP contribution in [0.4, 0.5) is 18.9 Å². The van der Waals surface area contributed by atoms with Gasteiger partial charge in [-0.3, -0.25) is 14.8 Å². The molecule has 0 bridgehead atoms. The molecule has 1 aliphatic rings. The minimum absolute atomic E-state index is 0.0665. The molecule has 3 aromatic carbocycles. The molecule has 4 aromatic rings. The number of anilines is 1. The van der Waals surface area contributed by atoms with Gasteiger partial charge in [-0.15, -0.1) is 0 Å². The fourth-order valence-electron chi connectivity index (χ4n) is 3.72. The lowest BCUT2D eigenvalue weighted by Crippen LogP contribution is -2.20. The van der Waals surface area contributed by atoms with Crippen molar-refractivity contribution in [2.24, 2.45) is 4.99 Å². The molecule has 1 aliphatic heterocycles. The van der Waals surface area contributed by atoms with Crippen molar-refractivity contribution >= 4 is 28.2 Å². The molecule has 35 heavy (non-hydrogen) atoms. The van der Waals surface area contributed by atoms with Crippen LogP contribution in [0.1, 0.15) is 21.6 Å². The van der Waals surface area contributed by atoms with E-state index in [9.17, 15) is 18.0 Å². The van der Waals surface area contributed by atoms with Gasteiger partial charge >= 0.3 is 6.18 Å². The fraction of sp³-hybridized carbons (Fsp3) is 0.115. The van der Waals surface area contributed by atoms with Gasteiger partial charge in [0.2, 0.25) is 0 Å². The van der Waals surface area contributed by atoms with Gasteiger partial charge in [0.05, 0.1) is 12.1 Å². The van der Waals surface area contributed by atoms with E-state index in [0.29, 0.717) is 29.3 Å². The summed E-state index contributed by atoms with van der Waals surface area (Å²) in [4.78, 5) is 21.4. The number of aliphatic imine (C=N–C) groups is 1. The Morgan fingerprint density at radius 2 is 1.77 bits per heavy atom. The summed E-state index contributed by atoms with van der Waals surface area (Å²) in [5.74, 6) is 1.36. The Hall–Kier alpha value is -4.40. The number of carbonyl (C=O) groups is 1. The SMILES string of the molecule is O=C(Nc1cccc(C(F)(F)F)c1)c1ccc2ccc(Oc3ccnc(C4=NCCN4)c3)cc2c1. The monoisotopic (exact) mass is 476 g/mol. The summed E-state index contributed by atoms with van der Waals surface area (Å²) in [6.07, 6.45) is -2.85. The van der Waals surface area contributed by atoms with Crippen LogP contribution in [-0.2, 0) is 6.18 Å². The second-order valence-corrected chi connectivity index (χ2v) is 7.89. The summed E-state index contributed by atoms with van der Waals surface area (Å²) in [7, 11) is 0. The third-order valence-electron chi connectivity index (χ3n) is 5.41. The van der Waals surface area contributed by atoms with Crippen molar-refractivity contribution in [1.29, 1.82) is 0 Å². The Morgan fingerprint density at radius 1 is 0.943 bits per heavy atom. The number of amides is 1. The molecule has 0 spiro atoms.